The molecule has 2 aromatic rings. The fourth-order valence-corrected chi connectivity index (χ4v) is 1.72. The number of allylic oxidation sites excluding steroid dienone is 1. The normalized spacial score (nSPS) is 9.16. The van der Waals surface area contributed by atoms with Crippen molar-refractivity contribution in [2.45, 2.75) is 0 Å². The number of aromatic hydroxyl groups is 1. The summed E-state index contributed by atoms with van der Waals surface area (Å²) in [6, 6.07) is 18.0. The van der Waals surface area contributed by atoms with Crippen LogP contribution in [0.15, 0.2) is 54.1 Å². The summed E-state index contributed by atoms with van der Waals surface area (Å²) < 4.78 is 0. The highest BCUT2D eigenvalue weighted by Gasteiger charge is 2.00. The SMILES string of the molecule is N#CC(C#N)=Cc1cccc(-c2ccc(O)cc2)c1. The number of nitriles is 2. The molecular weight excluding hydrogens is 236 g/mol. The van der Waals surface area contributed by atoms with Crippen molar-refractivity contribution in [2.75, 3.05) is 0 Å². The van der Waals surface area contributed by atoms with E-state index in [1.54, 1.807) is 18.2 Å². The van der Waals surface area contributed by atoms with Crippen LogP contribution in [0.2, 0.25) is 0 Å². The maximum Gasteiger partial charge on any atom is 0.130 e. The highest BCUT2D eigenvalue weighted by molar-refractivity contribution is 5.70. The van der Waals surface area contributed by atoms with Gasteiger partial charge in [0.15, 0.2) is 0 Å². The second-order valence-corrected chi connectivity index (χ2v) is 3.95. The molecule has 0 radical (unpaired) electrons. The van der Waals surface area contributed by atoms with Gasteiger partial charge >= 0.3 is 0 Å². The van der Waals surface area contributed by atoms with E-state index >= 15 is 0 Å². The molecule has 0 fully saturated rings. The predicted molar refractivity (Wildman–Crippen MR) is 72.7 cm³/mol. The topological polar surface area (TPSA) is 67.8 Å². The average molecular weight is 246 g/mol. The molecule has 0 amide bonds. The number of rotatable bonds is 2. The summed E-state index contributed by atoms with van der Waals surface area (Å²) >= 11 is 0. The van der Waals surface area contributed by atoms with Crippen LogP contribution in [0.3, 0.4) is 0 Å². The Morgan fingerprint density at radius 3 is 2.26 bits per heavy atom. The summed E-state index contributed by atoms with van der Waals surface area (Å²) in [5.74, 6) is 0.219. The zero-order chi connectivity index (χ0) is 13.7. The van der Waals surface area contributed by atoms with Crippen molar-refractivity contribution in [3.8, 4) is 29.0 Å². The molecule has 1 N–H and O–H groups in total. The van der Waals surface area contributed by atoms with Crippen LogP contribution in [0.5, 0.6) is 5.75 Å². The maximum atomic E-state index is 9.26. The molecule has 3 nitrogen and oxygen atoms in total. The molecule has 0 bridgehead atoms. The Morgan fingerprint density at radius 2 is 1.63 bits per heavy atom. The van der Waals surface area contributed by atoms with E-state index < -0.39 is 0 Å². The van der Waals surface area contributed by atoms with Crippen LogP contribution in [0.4, 0.5) is 0 Å². The van der Waals surface area contributed by atoms with Gasteiger partial charge in [0, 0.05) is 0 Å². The lowest BCUT2D eigenvalue weighted by molar-refractivity contribution is 0.475. The molecule has 0 aliphatic carbocycles. The first-order chi connectivity index (χ1) is 9.22. The molecule has 0 unspecified atom stereocenters. The molecule has 90 valence electrons. The Hall–Kier alpha value is -3.04. The predicted octanol–water partition coefficient (Wildman–Crippen LogP) is 3.49. The van der Waals surface area contributed by atoms with Gasteiger partial charge in [-0.25, -0.2) is 0 Å². The minimum atomic E-state index is 0.0721. The molecule has 0 atom stereocenters. The Morgan fingerprint density at radius 1 is 0.947 bits per heavy atom. The van der Waals surface area contributed by atoms with E-state index in [-0.39, 0.29) is 11.3 Å². The first kappa shape index (κ1) is 12.4. The van der Waals surface area contributed by atoms with Crippen molar-refractivity contribution in [1.82, 2.24) is 0 Å². The van der Waals surface area contributed by atoms with Crippen molar-refractivity contribution in [1.29, 1.82) is 10.5 Å². The first-order valence-electron chi connectivity index (χ1n) is 5.64. The van der Waals surface area contributed by atoms with Crippen LogP contribution < -0.4 is 0 Å². The summed E-state index contributed by atoms with van der Waals surface area (Å²) in [4.78, 5) is 0. The van der Waals surface area contributed by atoms with Crippen molar-refractivity contribution < 1.29 is 5.11 Å². The molecular formula is C16H10N2O. The van der Waals surface area contributed by atoms with E-state index in [1.165, 1.54) is 0 Å². The molecule has 2 rings (SSSR count). The third kappa shape index (κ3) is 3.00. The van der Waals surface area contributed by atoms with Gasteiger partial charge in [0.25, 0.3) is 0 Å². The second kappa shape index (κ2) is 5.53. The number of hydrogen-bond acceptors (Lipinski definition) is 3. The highest BCUT2D eigenvalue weighted by Crippen LogP contribution is 2.23. The van der Waals surface area contributed by atoms with Crippen molar-refractivity contribution in [3.63, 3.8) is 0 Å². The van der Waals surface area contributed by atoms with E-state index in [2.05, 4.69) is 0 Å². The third-order valence-electron chi connectivity index (χ3n) is 2.64. The van der Waals surface area contributed by atoms with Gasteiger partial charge in [-0.1, -0.05) is 30.3 Å². The van der Waals surface area contributed by atoms with E-state index in [0.29, 0.717) is 0 Å². The van der Waals surface area contributed by atoms with Crippen LogP contribution in [-0.4, -0.2) is 5.11 Å². The average Bonchev–Trinajstić information content (AvgIpc) is 2.46. The lowest BCUT2D eigenvalue weighted by Gasteiger charge is -2.03. The van der Waals surface area contributed by atoms with E-state index in [9.17, 15) is 5.11 Å². The number of phenols is 1. The molecule has 19 heavy (non-hydrogen) atoms. The van der Waals surface area contributed by atoms with Crippen LogP contribution in [-0.2, 0) is 0 Å². The molecule has 0 saturated heterocycles. The largest absolute Gasteiger partial charge is 0.508 e. The summed E-state index contributed by atoms with van der Waals surface area (Å²) in [6.07, 6.45) is 1.55. The summed E-state index contributed by atoms with van der Waals surface area (Å²) in [6.45, 7) is 0. The van der Waals surface area contributed by atoms with Gasteiger partial charge in [0.05, 0.1) is 0 Å². The summed E-state index contributed by atoms with van der Waals surface area (Å²) in [5.41, 5.74) is 2.79. The Labute approximate surface area is 111 Å². The molecule has 0 saturated carbocycles. The standard InChI is InChI=1S/C16H10N2O/c17-10-13(11-18)8-12-2-1-3-15(9-12)14-4-6-16(19)7-5-14/h1-9,19H. The minimum Gasteiger partial charge on any atom is -0.508 e. The van der Waals surface area contributed by atoms with Gasteiger partial charge in [0.1, 0.15) is 23.5 Å². The van der Waals surface area contributed by atoms with Crippen LogP contribution in [0.1, 0.15) is 5.56 Å². The summed E-state index contributed by atoms with van der Waals surface area (Å²) in [5, 5.41) is 26.7. The minimum absolute atomic E-state index is 0.0721. The number of benzene rings is 2. The molecule has 3 heteroatoms. The van der Waals surface area contributed by atoms with Crippen molar-refractivity contribution in [3.05, 3.63) is 59.7 Å². The van der Waals surface area contributed by atoms with Gasteiger partial charge < -0.3 is 5.11 Å². The second-order valence-electron chi connectivity index (χ2n) is 3.95. The van der Waals surface area contributed by atoms with Gasteiger partial charge in [-0.3, -0.25) is 0 Å². The van der Waals surface area contributed by atoms with Crippen LogP contribution >= 0.6 is 0 Å². The van der Waals surface area contributed by atoms with E-state index in [4.69, 9.17) is 10.5 Å². The smallest absolute Gasteiger partial charge is 0.130 e. The van der Waals surface area contributed by atoms with Gasteiger partial charge in [0.2, 0.25) is 0 Å². The van der Waals surface area contributed by atoms with E-state index in [1.807, 2.05) is 48.5 Å². The zero-order valence-electron chi connectivity index (χ0n) is 10.0. The maximum absolute atomic E-state index is 9.26. The third-order valence-corrected chi connectivity index (χ3v) is 2.64. The molecule has 0 spiro atoms. The summed E-state index contributed by atoms with van der Waals surface area (Å²) in [7, 11) is 0. The van der Waals surface area contributed by atoms with Crippen LogP contribution in [0.25, 0.3) is 17.2 Å². The van der Waals surface area contributed by atoms with Gasteiger partial charge in [-0.05, 0) is 41.0 Å². The van der Waals surface area contributed by atoms with Crippen molar-refractivity contribution in [2.24, 2.45) is 0 Å². The fraction of sp³-hybridized carbons (Fsp3) is 0. The van der Waals surface area contributed by atoms with Gasteiger partial charge in [-0.2, -0.15) is 10.5 Å². The molecule has 0 aliphatic heterocycles. The number of nitrogens with zero attached hydrogens (tertiary/aromatic N) is 2. The molecule has 0 heterocycles. The zero-order valence-corrected chi connectivity index (χ0v) is 10.0. The fourth-order valence-electron chi connectivity index (χ4n) is 1.72. The molecule has 0 aliphatic rings. The van der Waals surface area contributed by atoms with Gasteiger partial charge in [-0.15, -0.1) is 0 Å². The molecule has 2 aromatic carbocycles. The number of phenolic OH excluding ortho intramolecular Hbond substituents is 1. The monoisotopic (exact) mass is 246 g/mol. The highest BCUT2D eigenvalue weighted by atomic mass is 16.3. The Bertz CT molecular complexity index is 685. The van der Waals surface area contributed by atoms with E-state index in [0.717, 1.165) is 16.7 Å². The van der Waals surface area contributed by atoms with Crippen LogP contribution in [0, 0.1) is 22.7 Å². The Balaban J connectivity index is 2.41. The lowest BCUT2D eigenvalue weighted by atomic mass is 10.0. The lowest BCUT2D eigenvalue weighted by Crippen LogP contribution is -1.80. The molecule has 0 aromatic heterocycles. The first-order valence-corrected chi connectivity index (χ1v) is 5.64. The Kier molecular flexibility index (Phi) is 3.61. The number of hydrogen-bond donors (Lipinski definition) is 1. The van der Waals surface area contributed by atoms with Crippen molar-refractivity contribution >= 4 is 6.08 Å². The quantitative estimate of drug-likeness (QED) is 0.824.